The Bertz CT molecular complexity index is 721. The van der Waals surface area contributed by atoms with Crippen LogP contribution in [0.1, 0.15) is 30.3 Å². The van der Waals surface area contributed by atoms with Crippen molar-refractivity contribution in [1.29, 1.82) is 0 Å². The number of aliphatic hydroxyl groups excluding tert-OH is 1. The van der Waals surface area contributed by atoms with Crippen molar-refractivity contribution in [2.45, 2.75) is 31.5 Å². The maximum Gasteiger partial charge on any atom is 0.315 e. The van der Waals surface area contributed by atoms with Crippen molar-refractivity contribution in [2.75, 3.05) is 6.67 Å². The fraction of sp³-hybridized carbons (Fsp3) is 0.333. The van der Waals surface area contributed by atoms with Crippen LogP contribution in [0.25, 0.3) is 11.1 Å². The number of amides is 1. The zero-order valence-corrected chi connectivity index (χ0v) is 14.1. The molecule has 2 aromatic rings. The molecule has 4 N–H and O–H groups in total. The molecule has 0 bridgehead atoms. The number of aliphatic hydroxyl groups is 1. The van der Waals surface area contributed by atoms with Crippen LogP contribution < -0.4 is 11.1 Å². The van der Waals surface area contributed by atoms with E-state index in [1.807, 2.05) is 19.1 Å². The quantitative estimate of drug-likeness (QED) is 0.702. The van der Waals surface area contributed by atoms with Gasteiger partial charge >= 0.3 is 6.43 Å². The summed E-state index contributed by atoms with van der Waals surface area (Å²) in [6.07, 6.45) is -3.06. The second-order valence-corrected chi connectivity index (χ2v) is 5.90. The van der Waals surface area contributed by atoms with E-state index in [1.165, 1.54) is 12.1 Å². The molecule has 2 rings (SSSR count). The van der Waals surface area contributed by atoms with Crippen molar-refractivity contribution in [3.05, 3.63) is 53.9 Å². The van der Waals surface area contributed by atoms with E-state index in [0.29, 0.717) is 5.56 Å². The molecule has 0 saturated heterocycles. The van der Waals surface area contributed by atoms with E-state index in [0.717, 1.165) is 16.8 Å². The molecule has 0 radical (unpaired) electrons. The Morgan fingerprint density at radius 3 is 2.27 bits per heavy atom. The Labute approximate surface area is 149 Å². The maximum absolute atomic E-state index is 13.0. The zero-order chi connectivity index (χ0) is 19.3. The van der Waals surface area contributed by atoms with Crippen LogP contribution in [0, 0.1) is 0 Å². The standard InChI is InChI=1S/C18H20F3N3O2/c1-10(22)14-7-6-13(9-23-14)11-2-4-12(5-3-11)16(25)15(8-19)24-18(26)17(20)21/h2-7,9-10,15-17,25H,8,22H2,1H3,(H,24,26). The Morgan fingerprint density at radius 2 is 1.81 bits per heavy atom. The number of alkyl halides is 3. The van der Waals surface area contributed by atoms with E-state index in [4.69, 9.17) is 5.73 Å². The third-order valence-electron chi connectivity index (χ3n) is 3.91. The van der Waals surface area contributed by atoms with Crippen LogP contribution in [0.5, 0.6) is 0 Å². The molecule has 0 saturated carbocycles. The first kappa shape index (κ1) is 19.9. The molecule has 0 aliphatic rings. The monoisotopic (exact) mass is 367 g/mol. The summed E-state index contributed by atoms with van der Waals surface area (Å²) < 4.78 is 37.6. The molecule has 0 aliphatic heterocycles. The van der Waals surface area contributed by atoms with E-state index in [-0.39, 0.29) is 6.04 Å². The van der Waals surface area contributed by atoms with Gasteiger partial charge in [-0.05, 0) is 24.1 Å². The third kappa shape index (κ3) is 4.80. The van der Waals surface area contributed by atoms with Crippen molar-refractivity contribution < 1.29 is 23.1 Å². The lowest BCUT2D eigenvalue weighted by molar-refractivity contribution is -0.133. The third-order valence-corrected chi connectivity index (χ3v) is 3.91. The lowest BCUT2D eigenvalue weighted by Gasteiger charge is -2.22. The Kier molecular flexibility index (Phi) is 6.70. The number of carbonyl (C=O) groups excluding carboxylic acids is 1. The predicted octanol–water partition coefficient (Wildman–Crippen LogP) is 2.52. The summed E-state index contributed by atoms with van der Waals surface area (Å²) in [5.74, 6) is -1.62. The van der Waals surface area contributed by atoms with Crippen LogP contribution >= 0.6 is 0 Å². The summed E-state index contributed by atoms with van der Waals surface area (Å²) in [4.78, 5) is 15.3. The highest BCUT2D eigenvalue weighted by Crippen LogP contribution is 2.24. The topological polar surface area (TPSA) is 88.2 Å². The van der Waals surface area contributed by atoms with Gasteiger partial charge in [0.1, 0.15) is 12.8 Å². The molecule has 140 valence electrons. The van der Waals surface area contributed by atoms with E-state index in [9.17, 15) is 23.1 Å². The number of hydrogen-bond donors (Lipinski definition) is 3. The van der Waals surface area contributed by atoms with Crippen LogP contribution in [0.15, 0.2) is 42.6 Å². The molecule has 1 amide bonds. The first-order chi connectivity index (χ1) is 12.3. The van der Waals surface area contributed by atoms with Gasteiger partial charge in [0.05, 0.1) is 11.7 Å². The highest BCUT2D eigenvalue weighted by molar-refractivity contribution is 5.79. The molecule has 3 unspecified atom stereocenters. The maximum atomic E-state index is 13.0. The second kappa shape index (κ2) is 8.77. The number of nitrogens with two attached hydrogens (primary N) is 1. The number of nitrogens with one attached hydrogen (secondary N) is 1. The van der Waals surface area contributed by atoms with Gasteiger partial charge in [-0.2, -0.15) is 8.78 Å². The average Bonchev–Trinajstić information content (AvgIpc) is 2.65. The summed E-state index contributed by atoms with van der Waals surface area (Å²) in [5.41, 5.74) is 8.43. The van der Waals surface area contributed by atoms with E-state index in [2.05, 4.69) is 4.98 Å². The number of benzene rings is 1. The Balaban J connectivity index is 2.13. The molecule has 26 heavy (non-hydrogen) atoms. The van der Waals surface area contributed by atoms with Gasteiger partial charge in [0, 0.05) is 17.8 Å². The number of nitrogens with zero attached hydrogens (tertiary/aromatic N) is 1. The number of pyridine rings is 1. The van der Waals surface area contributed by atoms with E-state index < -0.39 is 31.2 Å². The fourth-order valence-corrected chi connectivity index (χ4v) is 2.40. The molecule has 0 spiro atoms. The predicted molar refractivity (Wildman–Crippen MR) is 91.1 cm³/mol. The van der Waals surface area contributed by atoms with Crippen LogP contribution in [-0.2, 0) is 4.79 Å². The molecular formula is C18H20F3N3O2. The molecule has 0 fully saturated rings. The van der Waals surface area contributed by atoms with E-state index >= 15 is 0 Å². The lowest BCUT2D eigenvalue weighted by Crippen LogP contribution is -2.43. The first-order valence-corrected chi connectivity index (χ1v) is 7.98. The minimum absolute atomic E-state index is 0.178. The van der Waals surface area contributed by atoms with Crippen LogP contribution in [0.4, 0.5) is 13.2 Å². The van der Waals surface area contributed by atoms with Gasteiger partial charge in [0.15, 0.2) is 0 Å². The van der Waals surface area contributed by atoms with Crippen LogP contribution in [0.3, 0.4) is 0 Å². The minimum Gasteiger partial charge on any atom is -0.386 e. The van der Waals surface area contributed by atoms with Crippen molar-refractivity contribution in [2.24, 2.45) is 5.73 Å². The van der Waals surface area contributed by atoms with Crippen molar-refractivity contribution in [1.82, 2.24) is 10.3 Å². The molecule has 5 nitrogen and oxygen atoms in total. The van der Waals surface area contributed by atoms with Gasteiger partial charge in [0.2, 0.25) is 0 Å². The van der Waals surface area contributed by atoms with Gasteiger partial charge in [-0.1, -0.05) is 30.3 Å². The number of carbonyl (C=O) groups is 1. The second-order valence-electron chi connectivity index (χ2n) is 5.90. The highest BCUT2D eigenvalue weighted by Gasteiger charge is 2.26. The van der Waals surface area contributed by atoms with Gasteiger partial charge < -0.3 is 16.2 Å². The molecule has 1 aromatic heterocycles. The van der Waals surface area contributed by atoms with Crippen molar-refractivity contribution >= 4 is 5.91 Å². The molecule has 8 heteroatoms. The number of aromatic nitrogens is 1. The van der Waals surface area contributed by atoms with Gasteiger partial charge in [-0.3, -0.25) is 9.78 Å². The smallest absolute Gasteiger partial charge is 0.315 e. The summed E-state index contributed by atoms with van der Waals surface area (Å²) in [6.45, 7) is 0.649. The molecule has 3 atom stereocenters. The van der Waals surface area contributed by atoms with Crippen LogP contribution in [-0.4, -0.2) is 35.1 Å². The van der Waals surface area contributed by atoms with Gasteiger partial charge in [-0.15, -0.1) is 0 Å². The normalized spacial score (nSPS) is 14.7. The fourth-order valence-electron chi connectivity index (χ4n) is 2.40. The molecular weight excluding hydrogens is 347 g/mol. The average molecular weight is 367 g/mol. The van der Waals surface area contributed by atoms with Gasteiger partial charge in [-0.25, -0.2) is 4.39 Å². The SMILES string of the molecule is CC(N)c1ccc(-c2ccc(C(O)C(CF)NC(=O)C(F)F)cc2)cn1. The zero-order valence-electron chi connectivity index (χ0n) is 14.1. The summed E-state index contributed by atoms with van der Waals surface area (Å²) >= 11 is 0. The lowest BCUT2D eigenvalue weighted by atomic mass is 9.99. The summed E-state index contributed by atoms with van der Waals surface area (Å²) in [5, 5.41) is 11.9. The van der Waals surface area contributed by atoms with E-state index in [1.54, 1.807) is 23.6 Å². The molecule has 0 aliphatic carbocycles. The Hall–Kier alpha value is -2.45. The summed E-state index contributed by atoms with van der Waals surface area (Å²) in [7, 11) is 0. The first-order valence-electron chi connectivity index (χ1n) is 7.98. The number of rotatable bonds is 7. The number of halogens is 3. The van der Waals surface area contributed by atoms with Crippen LogP contribution in [0.2, 0.25) is 0 Å². The highest BCUT2D eigenvalue weighted by atomic mass is 19.3. The molecule has 1 heterocycles. The molecule has 1 aromatic carbocycles. The Morgan fingerprint density at radius 1 is 1.19 bits per heavy atom. The number of hydrogen-bond acceptors (Lipinski definition) is 4. The largest absolute Gasteiger partial charge is 0.386 e. The van der Waals surface area contributed by atoms with Gasteiger partial charge in [0.25, 0.3) is 5.91 Å². The van der Waals surface area contributed by atoms with Crippen molar-refractivity contribution in [3.8, 4) is 11.1 Å². The summed E-state index contributed by atoms with van der Waals surface area (Å²) in [6, 6.07) is 8.48. The van der Waals surface area contributed by atoms with Crippen molar-refractivity contribution in [3.63, 3.8) is 0 Å². The minimum atomic E-state index is -3.27.